The first kappa shape index (κ1) is 14.9. The number of aromatic nitrogens is 1. The van der Waals surface area contributed by atoms with Crippen LogP contribution < -0.4 is 0 Å². The molecule has 0 aliphatic rings. The van der Waals surface area contributed by atoms with E-state index in [-0.39, 0.29) is 11.4 Å². The van der Waals surface area contributed by atoms with Crippen LogP contribution in [0.1, 0.15) is 35.8 Å². The van der Waals surface area contributed by atoms with E-state index in [1.807, 2.05) is 18.2 Å². The Morgan fingerprint density at radius 3 is 2.62 bits per heavy atom. The van der Waals surface area contributed by atoms with Crippen LogP contribution in [0.3, 0.4) is 0 Å². The summed E-state index contributed by atoms with van der Waals surface area (Å²) in [6.45, 7) is 4.26. The fourth-order valence-electron chi connectivity index (χ4n) is 2.17. The molecule has 1 aromatic carbocycles. The minimum atomic E-state index is -0.284. The Morgan fingerprint density at radius 1 is 1.33 bits per heavy atom. The molecule has 2 aromatic rings. The summed E-state index contributed by atoms with van der Waals surface area (Å²) in [4.78, 5) is 17.1. The van der Waals surface area contributed by atoms with Crippen molar-refractivity contribution in [3.8, 4) is 6.07 Å². The molecular weight excluding hydrogens is 262 g/mol. The highest BCUT2D eigenvalue weighted by Gasteiger charge is 2.15. The maximum atomic E-state index is 12.4. The Balaban J connectivity index is 2.43. The molecule has 1 N–H and O–H groups in total. The third kappa shape index (κ3) is 3.14. The van der Waals surface area contributed by atoms with Gasteiger partial charge < -0.3 is 9.88 Å². The summed E-state index contributed by atoms with van der Waals surface area (Å²) in [5, 5.41) is 10.1. The van der Waals surface area contributed by atoms with Gasteiger partial charge in [0.05, 0.1) is 5.69 Å². The normalized spacial score (nSPS) is 11.7. The Kier molecular flexibility index (Phi) is 4.13. The number of fused-ring (bicyclic) bond motifs is 1. The molecule has 0 saturated heterocycles. The van der Waals surface area contributed by atoms with E-state index in [2.05, 4.69) is 31.0 Å². The average Bonchev–Trinajstić information content (AvgIpc) is 2.86. The van der Waals surface area contributed by atoms with Crippen LogP contribution in [0, 0.1) is 11.3 Å². The predicted molar refractivity (Wildman–Crippen MR) is 84.1 cm³/mol. The second-order valence-corrected chi connectivity index (χ2v) is 5.63. The number of benzene rings is 1. The molecule has 0 fully saturated rings. The average molecular weight is 281 g/mol. The van der Waals surface area contributed by atoms with Gasteiger partial charge in [-0.1, -0.05) is 19.9 Å². The van der Waals surface area contributed by atoms with Crippen molar-refractivity contribution in [2.75, 3.05) is 14.1 Å². The molecule has 0 radical (unpaired) electrons. The molecule has 108 valence electrons. The molecular formula is C17H19N3O. The fraction of sp³-hybridized carbons (Fsp3) is 0.294. The van der Waals surface area contributed by atoms with E-state index in [1.54, 1.807) is 19.0 Å². The van der Waals surface area contributed by atoms with Crippen molar-refractivity contribution >= 4 is 16.7 Å². The zero-order valence-corrected chi connectivity index (χ0v) is 12.8. The van der Waals surface area contributed by atoms with Crippen LogP contribution in [0.5, 0.6) is 0 Å². The van der Waals surface area contributed by atoms with E-state index in [0.29, 0.717) is 11.6 Å². The summed E-state index contributed by atoms with van der Waals surface area (Å²) in [6, 6.07) is 9.87. The largest absolute Gasteiger partial charge is 0.382 e. The van der Waals surface area contributed by atoms with E-state index in [4.69, 9.17) is 5.26 Å². The molecule has 21 heavy (non-hydrogen) atoms. The molecule has 0 bridgehead atoms. The second-order valence-electron chi connectivity index (χ2n) is 5.63. The van der Waals surface area contributed by atoms with Crippen molar-refractivity contribution < 1.29 is 4.79 Å². The third-order valence-electron chi connectivity index (χ3n) is 3.31. The summed E-state index contributed by atoms with van der Waals surface area (Å²) in [5.74, 6) is 0.153. The van der Waals surface area contributed by atoms with Gasteiger partial charge in [0.1, 0.15) is 11.6 Å². The minimum Gasteiger partial charge on any atom is -0.382 e. The van der Waals surface area contributed by atoms with E-state index < -0.39 is 0 Å². The second kappa shape index (κ2) is 5.84. The quantitative estimate of drug-likeness (QED) is 0.530. The van der Waals surface area contributed by atoms with Gasteiger partial charge in [-0.15, -0.1) is 0 Å². The molecule has 0 saturated carbocycles. The van der Waals surface area contributed by atoms with Crippen molar-refractivity contribution in [3.63, 3.8) is 0 Å². The summed E-state index contributed by atoms with van der Waals surface area (Å²) in [6.07, 6.45) is 1.54. The first-order chi connectivity index (χ1) is 9.92. The van der Waals surface area contributed by atoms with Crippen molar-refractivity contribution in [1.82, 2.24) is 9.88 Å². The summed E-state index contributed by atoms with van der Waals surface area (Å²) >= 11 is 0. The van der Waals surface area contributed by atoms with Gasteiger partial charge in [-0.3, -0.25) is 4.79 Å². The Morgan fingerprint density at radius 2 is 2.05 bits per heavy atom. The lowest BCUT2D eigenvalue weighted by atomic mass is 10.0. The summed E-state index contributed by atoms with van der Waals surface area (Å²) in [5.41, 5.74) is 2.70. The van der Waals surface area contributed by atoms with Crippen LogP contribution in [0.25, 0.3) is 10.9 Å². The first-order valence-electron chi connectivity index (χ1n) is 6.88. The predicted octanol–water partition coefficient (Wildman–Crippen LogP) is 3.44. The number of nitrogens with zero attached hydrogens (tertiary/aromatic N) is 2. The van der Waals surface area contributed by atoms with Gasteiger partial charge in [-0.05, 0) is 29.7 Å². The topological polar surface area (TPSA) is 59.9 Å². The highest BCUT2D eigenvalue weighted by Crippen LogP contribution is 2.23. The molecule has 0 amide bonds. The Hall–Kier alpha value is -2.54. The van der Waals surface area contributed by atoms with Gasteiger partial charge in [-0.2, -0.15) is 5.26 Å². The number of hydrogen-bond donors (Lipinski definition) is 1. The summed E-state index contributed by atoms with van der Waals surface area (Å²) in [7, 11) is 3.56. The third-order valence-corrected chi connectivity index (χ3v) is 3.31. The van der Waals surface area contributed by atoms with Crippen LogP contribution in [-0.2, 0) is 0 Å². The van der Waals surface area contributed by atoms with Crippen LogP contribution in [0.2, 0.25) is 0 Å². The zero-order chi connectivity index (χ0) is 15.6. The molecule has 4 nitrogen and oxygen atoms in total. The number of Topliss-reactive ketones (excluding diaryl/α,β-unsaturated/α-hetero) is 1. The maximum Gasteiger partial charge on any atom is 0.221 e. The van der Waals surface area contributed by atoms with E-state index >= 15 is 0 Å². The number of carbonyl (C=O) groups excluding carboxylic acids is 1. The van der Waals surface area contributed by atoms with E-state index in [0.717, 1.165) is 10.9 Å². The van der Waals surface area contributed by atoms with Gasteiger partial charge in [0.2, 0.25) is 5.78 Å². The van der Waals surface area contributed by atoms with Gasteiger partial charge >= 0.3 is 0 Å². The van der Waals surface area contributed by atoms with Gasteiger partial charge in [0, 0.05) is 31.2 Å². The van der Waals surface area contributed by atoms with Gasteiger partial charge in [0.25, 0.3) is 0 Å². The molecule has 1 aromatic heterocycles. The van der Waals surface area contributed by atoms with Crippen LogP contribution in [-0.4, -0.2) is 29.8 Å². The molecule has 4 heteroatoms. The number of ketones is 1. The minimum absolute atomic E-state index is 0.121. The maximum absolute atomic E-state index is 12.4. The smallest absolute Gasteiger partial charge is 0.221 e. The monoisotopic (exact) mass is 281 g/mol. The molecule has 2 rings (SSSR count). The van der Waals surface area contributed by atoms with Gasteiger partial charge in [-0.25, -0.2) is 0 Å². The van der Waals surface area contributed by atoms with E-state index in [9.17, 15) is 4.79 Å². The molecule has 0 unspecified atom stereocenters. The molecule has 0 atom stereocenters. The lowest BCUT2D eigenvalue weighted by Gasteiger charge is -2.04. The number of nitrogens with one attached hydrogen (secondary N) is 1. The molecule has 0 aliphatic carbocycles. The highest BCUT2D eigenvalue weighted by molar-refractivity contribution is 6.12. The Labute approximate surface area is 124 Å². The highest BCUT2D eigenvalue weighted by atomic mass is 16.1. The van der Waals surface area contributed by atoms with Crippen LogP contribution >= 0.6 is 0 Å². The zero-order valence-electron chi connectivity index (χ0n) is 12.8. The standard InChI is InChI=1S/C17H19N3O/c1-11(2)12-5-6-15-13(7-12)8-16(19-15)17(21)14(9-18)10-20(3)4/h5-8,10-11,19H,1-4H3/b14-10-. The number of carbonyl (C=O) groups is 1. The van der Waals surface area contributed by atoms with Crippen molar-refractivity contribution in [2.24, 2.45) is 0 Å². The number of nitriles is 1. The Bertz CT molecular complexity index is 745. The fourth-order valence-corrected chi connectivity index (χ4v) is 2.17. The van der Waals surface area contributed by atoms with Crippen molar-refractivity contribution in [3.05, 3.63) is 47.3 Å². The number of allylic oxidation sites excluding steroid dienone is 1. The SMILES string of the molecule is CC(C)c1ccc2[nH]c(C(=O)/C(C#N)=C\N(C)C)cc2c1. The van der Waals surface area contributed by atoms with Crippen LogP contribution in [0.15, 0.2) is 36.0 Å². The van der Waals surface area contributed by atoms with Crippen LogP contribution in [0.4, 0.5) is 0 Å². The summed E-state index contributed by atoms with van der Waals surface area (Å²) < 4.78 is 0. The van der Waals surface area contributed by atoms with E-state index in [1.165, 1.54) is 11.8 Å². The molecule has 0 spiro atoms. The number of rotatable bonds is 4. The molecule has 1 heterocycles. The van der Waals surface area contributed by atoms with Crippen molar-refractivity contribution in [1.29, 1.82) is 5.26 Å². The number of hydrogen-bond acceptors (Lipinski definition) is 3. The first-order valence-corrected chi connectivity index (χ1v) is 6.88. The number of H-pyrrole nitrogens is 1. The lowest BCUT2D eigenvalue weighted by Crippen LogP contribution is -2.09. The molecule has 0 aliphatic heterocycles. The number of aromatic amines is 1. The lowest BCUT2D eigenvalue weighted by molar-refractivity contribution is 0.103. The van der Waals surface area contributed by atoms with Gasteiger partial charge in [0.15, 0.2) is 0 Å². The van der Waals surface area contributed by atoms with Crippen molar-refractivity contribution in [2.45, 2.75) is 19.8 Å².